The first-order chi connectivity index (χ1) is 10.6. The summed E-state index contributed by atoms with van der Waals surface area (Å²) in [6, 6.07) is 2.79. The standard InChI is InChI=1S/C13H19N3O5S/c1-2-3-6-22-9-11-8-15(13(17)21-11)14-7-10-4-5-12(20-10)16(18)19/h4-5,11,14H,2-3,6-9H2,1H3/t11-/m0/s1. The predicted molar refractivity (Wildman–Crippen MR) is 81.4 cm³/mol. The fourth-order valence-corrected chi connectivity index (χ4v) is 3.03. The molecule has 1 aliphatic heterocycles. The average Bonchev–Trinajstić information content (AvgIpc) is 3.08. The molecular formula is C13H19N3O5S. The molecule has 1 aromatic rings. The first kappa shape index (κ1) is 16.6. The predicted octanol–water partition coefficient (Wildman–Crippen LogP) is 2.55. The van der Waals surface area contributed by atoms with E-state index in [0.29, 0.717) is 12.3 Å². The van der Waals surface area contributed by atoms with Crippen molar-refractivity contribution in [2.75, 3.05) is 18.1 Å². The number of amides is 1. The first-order valence-electron chi connectivity index (χ1n) is 7.12. The molecule has 2 rings (SSSR count). The highest BCUT2D eigenvalue weighted by Crippen LogP contribution is 2.18. The van der Waals surface area contributed by atoms with Crippen LogP contribution in [0.3, 0.4) is 0 Å². The molecule has 22 heavy (non-hydrogen) atoms. The number of cyclic esters (lactones) is 1. The quantitative estimate of drug-likeness (QED) is 0.422. The Balaban J connectivity index is 1.73. The van der Waals surface area contributed by atoms with Gasteiger partial charge in [0.2, 0.25) is 0 Å². The highest BCUT2D eigenvalue weighted by atomic mass is 32.2. The van der Waals surface area contributed by atoms with Gasteiger partial charge in [0.05, 0.1) is 19.2 Å². The van der Waals surface area contributed by atoms with Crippen molar-refractivity contribution in [2.24, 2.45) is 0 Å². The fourth-order valence-electron chi connectivity index (χ4n) is 1.93. The van der Waals surface area contributed by atoms with Gasteiger partial charge in [-0.2, -0.15) is 11.8 Å². The molecule has 1 atom stereocenters. The van der Waals surface area contributed by atoms with Gasteiger partial charge in [0.1, 0.15) is 16.8 Å². The summed E-state index contributed by atoms with van der Waals surface area (Å²) >= 11 is 1.78. The number of nitro groups is 1. The lowest BCUT2D eigenvalue weighted by molar-refractivity contribution is -0.402. The Kier molecular flexibility index (Phi) is 6.08. The molecule has 0 bridgehead atoms. The summed E-state index contributed by atoms with van der Waals surface area (Å²) in [7, 11) is 0. The van der Waals surface area contributed by atoms with E-state index in [9.17, 15) is 14.9 Å². The molecule has 1 amide bonds. The Hall–Kier alpha value is -1.74. The van der Waals surface area contributed by atoms with Gasteiger partial charge in [-0.3, -0.25) is 10.1 Å². The van der Waals surface area contributed by atoms with Gasteiger partial charge in [0.25, 0.3) is 0 Å². The number of ether oxygens (including phenoxy) is 1. The summed E-state index contributed by atoms with van der Waals surface area (Å²) in [5.41, 5.74) is 2.86. The van der Waals surface area contributed by atoms with Crippen LogP contribution in [0, 0.1) is 10.1 Å². The molecule has 0 unspecified atom stereocenters. The van der Waals surface area contributed by atoms with Gasteiger partial charge in [-0.25, -0.2) is 15.2 Å². The second kappa shape index (κ2) is 8.04. The van der Waals surface area contributed by atoms with Crippen LogP contribution in [0.4, 0.5) is 10.7 Å². The second-order valence-electron chi connectivity index (χ2n) is 4.88. The highest BCUT2D eigenvalue weighted by Gasteiger charge is 2.31. The lowest BCUT2D eigenvalue weighted by Crippen LogP contribution is -2.38. The van der Waals surface area contributed by atoms with Crippen molar-refractivity contribution in [1.82, 2.24) is 10.4 Å². The molecular weight excluding hydrogens is 310 g/mol. The van der Waals surface area contributed by atoms with E-state index < -0.39 is 11.0 Å². The molecule has 1 N–H and O–H groups in total. The Bertz CT molecular complexity index is 522. The van der Waals surface area contributed by atoms with Gasteiger partial charge in [0, 0.05) is 5.75 Å². The van der Waals surface area contributed by atoms with E-state index in [1.807, 2.05) is 0 Å². The van der Waals surface area contributed by atoms with E-state index in [1.165, 1.54) is 17.1 Å². The Morgan fingerprint density at radius 1 is 1.55 bits per heavy atom. The summed E-state index contributed by atoms with van der Waals surface area (Å²) in [4.78, 5) is 21.6. The molecule has 122 valence electrons. The Morgan fingerprint density at radius 2 is 2.36 bits per heavy atom. The molecule has 1 aromatic heterocycles. The van der Waals surface area contributed by atoms with Gasteiger partial charge in [-0.1, -0.05) is 13.3 Å². The van der Waals surface area contributed by atoms with Crippen LogP contribution in [0.25, 0.3) is 0 Å². The number of nitrogens with zero attached hydrogens (tertiary/aromatic N) is 2. The van der Waals surface area contributed by atoms with Crippen molar-refractivity contribution in [1.29, 1.82) is 0 Å². The zero-order valence-electron chi connectivity index (χ0n) is 12.3. The number of thioether (sulfide) groups is 1. The number of furan rings is 1. The Morgan fingerprint density at radius 3 is 3.05 bits per heavy atom. The van der Waals surface area contributed by atoms with E-state index in [4.69, 9.17) is 9.15 Å². The fraction of sp³-hybridized carbons (Fsp3) is 0.615. The molecule has 0 radical (unpaired) electrons. The number of unbranched alkanes of at least 4 members (excludes halogenated alkanes) is 1. The normalized spacial score (nSPS) is 17.8. The number of carbonyl (C=O) groups is 1. The maximum atomic E-state index is 11.7. The minimum absolute atomic E-state index is 0.132. The van der Waals surface area contributed by atoms with E-state index in [2.05, 4.69) is 12.3 Å². The summed E-state index contributed by atoms with van der Waals surface area (Å²) in [6.07, 6.45) is 1.75. The van der Waals surface area contributed by atoms with Crippen LogP contribution in [-0.2, 0) is 11.3 Å². The van der Waals surface area contributed by atoms with Crippen LogP contribution in [0.1, 0.15) is 25.5 Å². The lowest BCUT2D eigenvalue weighted by atomic mass is 10.4. The molecule has 0 aromatic carbocycles. The number of hydrazine groups is 1. The third-order valence-corrected chi connectivity index (χ3v) is 4.28. The van der Waals surface area contributed by atoms with Crippen LogP contribution in [0.2, 0.25) is 0 Å². The van der Waals surface area contributed by atoms with Crippen LogP contribution >= 0.6 is 11.8 Å². The first-order valence-corrected chi connectivity index (χ1v) is 8.28. The molecule has 1 fully saturated rings. The summed E-state index contributed by atoms with van der Waals surface area (Å²) < 4.78 is 10.3. The van der Waals surface area contributed by atoms with Crippen LogP contribution < -0.4 is 5.43 Å². The zero-order chi connectivity index (χ0) is 15.9. The van der Waals surface area contributed by atoms with Gasteiger partial charge in [-0.05, 0) is 18.2 Å². The second-order valence-corrected chi connectivity index (χ2v) is 6.03. The topological polar surface area (TPSA) is 97.9 Å². The van der Waals surface area contributed by atoms with E-state index in [0.717, 1.165) is 24.3 Å². The number of rotatable bonds is 9. The zero-order valence-corrected chi connectivity index (χ0v) is 13.1. The summed E-state index contributed by atoms with van der Waals surface area (Å²) in [5.74, 6) is 1.91. The minimum atomic E-state index is -0.600. The molecule has 0 saturated carbocycles. The van der Waals surface area contributed by atoms with Crippen molar-refractivity contribution in [3.8, 4) is 0 Å². The van der Waals surface area contributed by atoms with Crippen molar-refractivity contribution in [3.05, 3.63) is 28.0 Å². The minimum Gasteiger partial charge on any atom is -0.442 e. The smallest absolute Gasteiger partial charge is 0.433 e. The van der Waals surface area contributed by atoms with Crippen molar-refractivity contribution < 1.29 is 18.9 Å². The molecule has 9 heteroatoms. The third-order valence-electron chi connectivity index (χ3n) is 3.09. The lowest BCUT2D eigenvalue weighted by Gasteiger charge is -2.13. The van der Waals surface area contributed by atoms with E-state index in [-0.39, 0.29) is 18.5 Å². The van der Waals surface area contributed by atoms with Crippen molar-refractivity contribution in [2.45, 2.75) is 32.4 Å². The largest absolute Gasteiger partial charge is 0.442 e. The maximum Gasteiger partial charge on any atom is 0.433 e. The van der Waals surface area contributed by atoms with Gasteiger partial charge in [0.15, 0.2) is 0 Å². The van der Waals surface area contributed by atoms with Crippen molar-refractivity contribution >= 4 is 23.7 Å². The summed E-state index contributed by atoms with van der Waals surface area (Å²) in [6.45, 7) is 2.79. The van der Waals surface area contributed by atoms with Crippen LogP contribution in [0.15, 0.2) is 16.5 Å². The molecule has 0 aliphatic carbocycles. The SMILES string of the molecule is CCCCSC[C@@H]1CN(NCc2ccc([N+](=O)[O-])o2)C(=O)O1. The highest BCUT2D eigenvalue weighted by molar-refractivity contribution is 7.99. The van der Waals surface area contributed by atoms with Gasteiger partial charge < -0.3 is 9.15 Å². The number of carbonyl (C=O) groups excluding carboxylic acids is 1. The third kappa shape index (κ3) is 4.63. The van der Waals surface area contributed by atoms with Crippen LogP contribution in [-0.4, -0.2) is 40.2 Å². The monoisotopic (exact) mass is 329 g/mol. The molecule has 2 heterocycles. The number of hydrogen-bond donors (Lipinski definition) is 1. The molecule has 0 spiro atoms. The number of nitrogens with one attached hydrogen (secondary N) is 1. The number of hydrogen-bond acceptors (Lipinski definition) is 7. The maximum absolute atomic E-state index is 11.7. The van der Waals surface area contributed by atoms with Gasteiger partial charge >= 0.3 is 12.0 Å². The average molecular weight is 329 g/mol. The molecule has 8 nitrogen and oxygen atoms in total. The van der Waals surface area contributed by atoms with E-state index in [1.54, 1.807) is 11.8 Å². The van der Waals surface area contributed by atoms with Gasteiger partial charge in [-0.15, -0.1) is 0 Å². The Labute approximate surface area is 132 Å². The van der Waals surface area contributed by atoms with E-state index >= 15 is 0 Å². The van der Waals surface area contributed by atoms with Crippen molar-refractivity contribution in [3.63, 3.8) is 0 Å². The molecule has 1 aliphatic rings. The summed E-state index contributed by atoms with van der Waals surface area (Å²) in [5, 5.41) is 11.9. The van der Waals surface area contributed by atoms with Crippen LogP contribution in [0.5, 0.6) is 0 Å². The molecule has 1 saturated heterocycles.